The van der Waals surface area contributed by atoms with Gasteiger partial charge in [-0.15, -0.1) is 0 Å². The maximum Gasteiger partial charge on any atom is 0.127 e. The van der Waals surface area contributed by atoms with Crippen molar-refractivity contribution >= 4 is 6.29 Å². The molecule has 0 saturated carbocycles. The summed E-state index contributed by atoms with van der Waals surface area (Å²) < 4.78 is 0. The van der Waals surface area contributed by atoms with E-state index in [0.717, 1.165) is 12.7 Å². The van der Waals surface area contributed by atoms with E-state index in [-0.39, 0.29) is 5.92 Å². The highest BCUT2D eigenvalue weighted by atomic mass is 16.1. The summed E-state index contributed by atoms with van der Waals surface area (Å²) in [6.45, 7) is 2.27. The molecule has 0 spiro atoms. The van der Waals surface area contributed by atoms with Gasteiger partial charge in [0.2, 0.25) is 0 Å². The Morgan fingerprint density at radius 3 is 1.86 bits per heavy atom. The fourth-order valence-electron chi connectivity index (χ4n) is 2.87. The molecule has 0 aliphatic heterocycles. The zero-order valence-electron chi connectivity index (χ0n) is 13.7. The standard InChI is InChI=1S/C20H32O/c1-2-3-4-5-6-7-8-9-10-12-17-20(18-21)19-15-13-11-14-16-19/h11,13-16,18,20H,2-10,12,17H2,1H3. The van der Waals surface area contributed by atoms with E-state index < -0.39 is 0 Å². The van der Waals surface area contributed by atoms with Crippen LogP contribution in [0.3, 0.4) is 0 Å². The van der Waals surface area contributed by atoms with Crippen LogP contribution in [0.2, 0.25) is 0 Å². The summed E-state index contributed by atoms with van der Waals surface area (Å²) >= 11 is 0. The normalized spacial score (nSPS) is 12.2. The second-order valence-corrected chi connectivity index (χ2v) is 6.12. The summed E-state index contributed by atoms with van der Waals surface area (Å²) in [6.07, 6.45) is 15.6. The summed E-state index contributed by atoms with van der Waals surface area (Å²) in [6, 6.07) is 10.2. The van der Waals surface area contributed by atoms with Gasteiger partial charge in [0, 0.05) is 5.92 Å². The molecule has 118 valence electrons. The molecule has 0 N–H and O–H groups in total. The maximum absolute atomic E-state index is 11.2. The largest absolute Gasteiger partial charge is 0.303 e. The maximum atomic E-state index is 11.2. The Bertz CT molecular complexity index is 344. The van der Waals surface area contributed by atoms with Crippen LogP contribution in [0, 0.1) is 0 Å². The summed E-state index contributed by atoms with van der Waals surface area (Å²) in [7, 11) is 0. The lowest BCUT2D eigenvalue weighted by Gasteiger charge is -2.10. The molecule has 0 amide bonds. The van der Waals surface area contributed by atoms with Crippen LogP contribution >= 0.6 is 0 Å². The van der Waals surface area contributed by atoms with E-state index in [2.05, 4.69) is 19.1 Å². The molecule has 0 saturated heterocycles. The first-order valence-electron chi connectivity index (χ1n) is 8.88. The van der Waals surface area contributed by atoms with Crippen LogP contribution in [0.1, 0.15) is 89.0 Å². The van der Waals surface area contributed by atoms with Crippen molar-refractivity contribution in [1.29, 1.82) is 0 Å². The van der Waals surface area contributed by atoms with E-state index in [4.69, 9.17) is 0 Å². The molecule has 21 heavy (non-hydrogen) atoms. The molecule has 0 heterocycles. The third-order valence-corrected chi connectivity index (χ3v) is 4.26. The summed E-state index contributed by atoms with van der Waals surface area (Å²) in [5.74, 6) is 0.0974. The number of benzene rings is 1. The highest BCUT2D eigenvalue weighted by molar-refractivity contribution is 5.61. The molecule has 0 fully saturated rings. The number of unbranched alkanes of at least 4 members (excludes halogenated alkanes) is 9. The van der Waals surface area contributed by atoms with E-state index in [1.165, 1.54) is 69.8 Å². The lowest BCUT2D eigenvalue weighted by molar-refractivity contribution is -0.109. The minimum atomic E-state index is 0.0974. The zero-order valence-corrected chi connectivity index (χ0v) is 13.7. The fraction of sp³-hybridized carbons (Fsp3) is 0.650. The van der Waals surface area contributed by atoms with Crippen molar-refractivity contribution in [3.05, 3.63) is 35.9 Å². The molecule has 0 aromatic heterocycles. The first-order valence-corrected chi connectivity index (χ1v) is 8.88. The second-order valence-electron chi connectivity index (χ2n) is 6.12. The Morgan fingerprint density at radius 2 is 1.33 bits per heavy atom. The van der Waals surface area contributed by atoms with Crippen LogP contribution < -0.4 is 0 Å². The SMILES string of the molecule is CCCCCCCCCCCCC(C=O)c1ccccc1. The summed E-state index contributed by atoms with van der Waals surface area (Å²) in [4.78, 5) is 11.2. The van der Waals surface area contributed by atoms with Gasteiger partial charge in [-0.25, -0.2) is 0 Å². The summed E-state index contributed by atoms with van der Waals surface area (Å²) in [5, 5.41) is 0. The quantitative estimate of drug-likeness (QED) is 0.308. The van der Waals surface area contributed by atoms with Crippen LogP contribution in [0.4, 0.5) is 0 Å². The van der Waals surface area contributed by atoms with Gasteiger partial charge in [0.1, 0.15) is 6.29 Å². The Labute approximate surface area is 131 Å². The summed E-state index contributed by atoms with van der Waals surface area (Å²) in [5.41, 5.74) is 1.17. The average molecular weight is 288 g/mol. The van der Waals surface area contributed by atoms with Crippen LogP contribution in [0.25, 0.3) is 0 Å². The van der Waals surface area contributed by atoms with E-state index in [1.807, 2.05) is 18.2 Å². The minimum absolute atomic E-state index is 0.0974. The van der Waals surface area contributed by atoms with Crippen molar-refractivity contribution in [1.82, 2.24) is 0 Å². The number of hydrogen-bond acceptors (Lipinski definition) is 1. The molecule has 1 rings (SSSR count). The van der Waals surface area contributed by atoms with Crippen molar-refractivity contribution in [2.45, 2.75) is 83.5 Å². The number of hydrogen-bond donors (Lipinski definition) is 0. The third-order valence-electron chi connectivity index (χ3n) is 4.26. The van der Waals surface area contributed by atoms with E-state index >= 15 is 0 Å². The average Bonchev–Trinajstić information content (AvgIpc) is 2.54. The smallest absolute Gasteiger partial charge is 0.127 e. The van der Waals surface area contributed by atoms with Crippen LogP contribution in [0.5, 0.6) is 0 Å². The molecule has 0 radical (unpaired) electrons. The van der Waals surface area contributed by atoms with Gasteiger partial charge in [-0.05, 0) is 12.0 Å². The molecule has 1 unspecified atom stereocenters. The molecule has 1 aromatic rings. The van der Waals surface area contributed by atoms with Gasteiger partial charge in [0.05, 0.1) is 0 Å². The second kappa shape index (κ2) is 12.6. The lowest BCUT2D eigenvalue weighted by Crippen LogP contribution is -2.00. The molecule has 0 bridgehead atoms. The molecule has 0 aliphatic rings. The van der Waals surface area contributed by atoms with Gasteiger partial charge in [0.25, 0.3) is 0 Å². The monoisotopic (exact) mass is 288 g/mol. The Kier molecular flexibility index (Phi) is 10.8. The van der Waals surface area contributed by atoms with Crippen molar-refractivity contribution < 1.29 is 4.79 Å². The molecule has 1 aromatic carbocycles. The van der Waals surface area contributed by atoms with E-state index in [9.17, 15) is 4.79 Å². The zero-order chi connectivity index (χ0) is 15.2. The van der Waals surface area contributed by atoms with Gasteiger partial charge in [-0.2, -0.15) is 0 Å². The van der Waals surface area contributed by atoms with Crippen LogP contribution in [-0.2, 0) is 4.79 Å². The highest BCUT2D eigenvalue weighted by Crippen LogP contribution is 2.20. The van der Waals surface area contributed by atoms with Gasteiger partial charge >= 0.3 is 0 Å². The van der Waals surface area contributed by atoms with Gasteiger partial charge in [0.15, 0.2) is 0 Å². The first kappa shape index (κ1) is 17.9. The minimum Gasteiger partial charge on any atom is -0.303 e. The van der Waals surface area contributed by atoms with E-state index in [1.54, 1.807) is 0 Å². The van der Waals surface area contributed by atoms with Gasteiger partial charge in [-0.3, -0.25) is 0 Å². The Balaban J connectivity index is 1.99. The van der Waals surface area contributed by atoms with Crippen molar-refractivity contribution in [2.24, 2.45) is 0 Å². The third kappa shape index (κ3) is 8.70. The Morgan fingerprint density at radius 1 is 0.810 bits per heavy atom. The highest BCUT2D eigenvalue weighted by Gasteiger charge is 2.08. The predicted molar refractivity (Wildman–Crippen MR) is 91.7 cm³/mol. The number of carbonyl (C=O) groups excluding carboxylic acids is 1. The van der Waals surface area contributed by atoms with Gasteiger partial charge < -0.3 is 4.79 Å². The molecular formula is C20H32O. The lowest BCUT2D eigenvalue weighted by atomic mass is 9.94. The van der Waals surface area contributed by atoms with Crippen LogP contribution in [-0.4, -0.2) is 6.29 Å². The molecular weight excluding hydrogens is 256 g/mol. The topological polar surface area (TPSA) is 17.1 Å². The predicted octanol–water partition coefficient (Wildman–Crippen LogP) is 6.28. The molecule has 1 nitrogen and oxygen atoms in total. The molecule has 0 aliphatic carbocycles. The number of aldehydes is 1. The first-order chi connectivity index (χ1) is 10.4. The fourth-order valence-corrected chi connectivity index (χ4v) is 2.87. The van der Waals surface area contributed by atoms with Crippen LogP contribution in [0.15, 0.2) is 30.3 Å². The van der Waals surface area contributed by atoms with Crippen molar-refractivity contribution in [2.75, 3.05) is 0 Å². The van der Waals surface area contributed by atoms with Crippen molar-refractivity contribution in [3.8, 4) is 0 Å². The number of rotatable bonds is 13. The van der Waals surface area contributed by atoms with E-state index in [0.29, 0.717) is 0 Å². The molecule has 1 heteroatoms. The Hall–Kier alpha value is -1.11. The van der Waals surface area contributed by atoms with Crippen molar-refractivity contribution in [3.63, 3.8) is 0 Å². The number of carbonyl (C=O) groups is 1. The van der Waals surface area contributed by atoms with Gasteiger partial charge in [-0.1, -0.05) is 101 Å². The molecule has 1 atom stereocenters.